The van der Waals surface area contributed by atoms with Crippen LogP contribution in [-0.2, 0) is 0 Å². The van der Waals surface area contributed by atoms with Crippen molar-refractivity contribution >= 4 is 23.3 Å². The molecule has 0 spiro atoms. The van der Waals surface area contributed by atoms with Crippen molar-refractivity contribution in [3.8, 4) is 28.1 Å². The van der Waals surface area contributed by atoms with Crippen LogP contribution in [0.25, 0.3) is 28.1 Å². The summed E-state index contributed by atoms with van der Waals surface area (Å²) in [6, 6.07) is 17.7. The Morgan fingerprint density at radius 1 is 0.927 bits per heavy atom. The highest BCUT2D eigenvalue weighted by atomic mass is 32.2. The van der Waals surface area contributed by atoms with Gasteiger partial charge in [-0.3, -0.25) is 4.98 Å². The van der Waals surface area contributed by atoms with Gasteiger partial charge in [0.15, 0.2) is 5.82 Å². The van der Waals surface area contributed by atoms with Crippen molar-refractivity contribution in [3.05, 3.63) is 79.0 Å². The summed E-state index contributed by atoms with van der Waals surface area (Å²) in [5.41, 5.74) is 5.48. The van der Waals surface area contributed by atoms with Crippen LogP contribution in [0, 0.1) is 5.82 Å². The van der Waals surface area contributed by atoms with Crippen LogP contribution >= 0.6 is 11.9 Å². The number of nitrogens with one attached hydrogen (secondary N) is 2. The molecule has 0 saturated carbocycles. The molecule has 4 aromatic rings. The van der Waals surface area contributed by atoms with Gasteiger partial charge in [0.25, 0.3) is 0 Å². The Hall–Kier alpha value is -3.57. The largest absolute Gasteiger partial charge is 0.388 e. The number of aromatic nitrogens is 3. The number of alkyl halides is 3. The summed E-state index contributed by atoms with van der Waals surface area (Å²) in [7, 11) is 0. The average molecular weight is 587 g/mol. The van der Waals surface area contributed by atoms with Crippen LogP contribution in [0.15, 0.2) is 73.2 Å². The third kappa shape index (κ3) is 8.23. The Morgan fingerprint density at radius 2 is 1.59 bits per heavy atom. The number of piperazine rings is 1. The van der Waals surface area contributed by atoms with Crippen LogP contribution in [-0.4, -0.2) is 52.9 Å². The van der Waals surface area contributed by atoms with E-state index in [1.807, 2.05) is 35.1 Å². The van der Waals surface area contributed by atoms with Crippen molar-refractivity contribution in [1.29, 1.82) is 0 Å². The normalized spacial score (nSPS) is 13.5. The number of nitrogens with zero attached hydrogens (tertiary/aromatic N) is 4. The fourth-order valence-corrected chi connectivity index (χ4v) is 4.83. The maximum absolute atomic E-state index is 15.6. The monoisotopic (exact) mass is 586 g/mol. The molecule has 41 heavy (non-hydrogen) atoms. The van der Waals surface area contributed by atoms with Gasteiger partial charge >= 0.3 is 6.18 Å². The molecular formula is C30H34F4N6S. The van der Waals surface area contributed by atoms with Crippen molar-refractivity contribution in [2.75, 3.05) is 41.6 Å². The molecule has 0 aliphatic carbocycles. The second kappa shape index (κ2) is 14.4. The Bertz CT molecular complexity index is 1370. The van der Waals surface area contributed by atoms with Crippen molar-refractivity contribution in [3.63, 3.8) is 0 Å². The summed E-state index contributed by atoms with van der Waals surface area (Å²) in [5.74, 6) is 0.633. The summed E-state index contributed by atoms with van der Waals surface area (Å²) in [4.78, 5) is 6.51. The minimum atomic E-state index is -3.96. The second-order valence-electron chi connectivity index (χ2n) is 9.41. The highest BCUT2D eigenvalue weighted by Crippen LogP contribution is 2.36. The van der Waals surface area contributed by atoms with E-state index < -0.39 is 12.6 Å². The van der Waals surface area contributed by atoms with Gasteiger partial charge in [0, 0.05) is 79.3 Å². The van der Waals surface area contributed by atoms with Gasteiger partial charge in [0.2, 0.25) is 0 Å². The lowest BCUT2D eigenvalue weighted by atomic mass is 10.0. The summed E-state index contributed by atoms with van der Waals surface area (Å²) in [6.45, 7) is 7.18. The van der Waals surface area contributed by atoms with Crippen molar-refractivity contribution in [1.82, 2.24) is 20.1 Å². The highest BCUT2D eigenvalue weighted by molar-refractivity contribution is 8.00. The van der Waals surface area contributed by atoms with E-state index >= 15 is 4.39 Å². The highest BCUT2D eigenvalue weighted by Gasteiger charge is 2.22. The maximum Gasteiger partial charge on any atom is 0.388 e. The van der Waals surface area contributed by atoms with Crippen LogP contribution in [0.5, 0.6) is 0 Å². The Kier molecular flexibility index (Phi) is 10.6. The first kappa shape index (κ1) is 30.4. The molecule has 218 valence electrons. The van der Waals surface area contributed by atoms with Crippen LogP contribution in [0.4, 0.5) is 28.9 Å². The van der Waals surface area contributed by atoms with E-state index in [4.69, 9.17) is 5.10 Å². The van der Waals surface area contributed by atoms with Crippen molar-refractivity contribution in [2.24, 2.45) is 0 Å². The van der Waals surface area contributed by atoms with Crippen LogP contribution < -0.4 is 14.9 Å². The molecule has 2 N–H and O–H groups in total. The van der Waals surface area contributed by atoms with Gasteiger partial charge in [-0.2, -0.15) is 18.3 Å². The SMILES string of the molecule is CCC(F)(F)F.CCCSNc1cccc(-c2cn(-c3ccc(N4CCNCC4)cc3)nc2-c2ccncc2)c1F. The summed E-state index contributed by atoms with van der Waals surface area (Å²) >= 11 is 1.51. The van der Waals surface area contributed by atoms with E-state index in [0.717, 1.165) is 67.8 Å². The number of rotatable bonds is 8. The van der Waals surface area contributed by atoms with E-state index in [1.54, 1.807) is 18.5 Å². The first-order chi connectivity index (χ1) is 19.8. The van der Waals surface area contributed by atoms with Crippen LogP contribution in [0.2, 0.25) is 0 Å². The first-order valence-corrected chi connectivity index (χ1v) is 14.6. The van der Waals surface area contributed by atoms with Gasteiger partial charge in [0.1, 0.15) is 5.69 Å². The lowest BCUT2D eigenvalue weighted by Gasteiger charge is -2.29. The topological polar surface area (TPSA) is 58.0 Å². The molecule has 3 heterocycles. The van der Waals surface area contributed by atoms with Gasteiger partial charge in [-0.1, -0.05) is 37.9 Å². The van der Waals surface area contributed by atoms with E-state index in [0.29, 0.717) is 11.3 Å². The molecule has 0 bridgehead atoms. The number of hydrogen-bond acceptors (Lipinski definition) is 6. The number of benzene rings is 2. The fourth-order valence-electron chi connectivity index (χ4n) is 4.22. The molecule has 1 aliphatic rings. The molecule has 0 radical (unpaired) electrons. The molecule has 2 aromatic carbocycles. The quantitative estimate of drug-likeness (QED) is 0.126. The number of hydrogen-bond donors (Lipinski definition) is 2. The van der Waals surface area contributed by atoms with E-state index in [-0.39, 0.29) is 5.82 Å². The zero-order chi connectivity index (χ0) is 29.2. The molecule has 6 nitrogen and oxygen atoms in total. The van der Waals surface area contributed by atoms with E-state index in [1.165, 1.54) is 17.6 Å². The first-order valence-electron chi connectivity index (χ1n) is 13.6. The third-order valence-electron chi connectivity index (χ3n) is 6.44. The minimum Gasteiger partial charge on any atom is -0.369 e. The minimum absolute atomic E-state index is 0.278. The predicted octanol–water partition coefficient (Wildman–Crippen LogP) is 7.58. The maximum atomic E-state index is 15.6. The zero-order valence-electron chi connectivity index (χ0n) is 23.1. The lowest BCUT2D eigenvalue weighted by Crippen LogP contribution is -2.43. The standard InChI is InChI=1S/C27H29FN6S.C3H5F3/c1-2-18-35-32-25-5-3-4-23(26(25)28)24-19-34(31-27(24)20-10-12-29-13-11-20)22-8-6-21(7-9-22)33-16-14-30-15-17-33;1-2-3(4,5)6/h3-13,19,30,32H,2,14-18H2,1H3;2H2,1H3. The van der Waals surface area contributed by atoms with Crippen LogP contribution in [0.1, 0.15) is 26.7 Å². The molecule has 1 saturated heterocycles. The van der Waals surface area contributed by atoms with Gasteiger partial charge in [-0.15, -0.1) is 0 Å². The molecule has 11 heteroatoms. The molecular weight excluding hydrogens is 552 g/mol. The fraction of sp³-hybridized carbons (Fsp3) is 0.333. The van der Waals surface area contributed by atoms with Crippen molar-refractivity contribution in [2.45, 2.75) is 32.9 Å². The lowest BCUT2D eigenvalue weighted by molar-refractivity contribution is -0.130. The molecule has 5 rings (SSSR count). The molecule has 0 atom stereocenters. The smallest absolute Gasteiger partial charge is 0.369 e. The zero-order valence-corrected chi connectivity index (χ0v) is 23.9. The third-order valence-corrected chi connectivity index (χ3v) is 7.42. The summed E-state index contributed by atoms with van der Waals surface area (Å²) in [5, 5.41) is 8.28. The Balaban J connectivity index is 0.000000585. The van der Waals surface area contributed by atoms with E-state index in [9.17, 15) is 13.2 Å². The van der Waals surface area contributed by atoms with Gasteiger partial charge in [-0.05, 0) is 48.9 Å². The number of pyridine rings is 1. The molecule has 0 amide bonds. The summed E-state index contributed by atoms with van der Waals surface area (Å²) in [6.07, 6.45) is 1.71. The average Bonchev–Trinajstić information content (AvgIpc) is 3.44. The van der Waals surface area contributed by atoms with Gasteiger partial charge < -0.3 is 14.9 Å². The van der Waals surface area contributed by atoms with Gasteiger partial charge in [-0.25, -0.2) is 9.07 Å². The van der Waals surface area contributed by atoms with Gasteiger partial charge in [0.05, 0.1) is 11.4 Å². The predicted molar refractivity (Wildman–Crippen MR) is 160 cm³/mol. The van der Waals surface area contributed by atoms with Crippen LogP contribution in [0.3, 0.4) is 0 Å². The molecule has 2 aromatic heterocycles. The summed E-state index contributed by atoms with van der Waals surface area (Å²) < 4.78 is 53.0. The number of anilines is 2. The number of halogens is 4. The second-order valence-corrected chi connectivity index (χ2v) is 10.3. The Labute approximate surface area is 242 Å². The molecule has 1 aliphatic heterocycles. The molecule has 0 unspecified atom stereocenters. The van der Waals surface area contributed by atoms with Crippen molar-refractivity contribution < 1.29 is 17.6 Å². The molecule has 1 fully saturated rings. The van der Waals surface area contributed by atoms with E-state index in [2.05, 4.69) is 51.1 Å². The Morgan fingerprint density at radius 3 is 2.22 bits per heavy atom.